The number of carbonyl (C=O) groups excluding carboxylic acids is 1. The molecule has 0 saturated heterocycles. The van der Waals surface area contributed by atoms with Crippen LogP contribution in [-0.2, 0) is 7.05 Å². The number of anilines is 1. The Morgan fingerprint density at radius 1 is 1.32 bits per heavy atom. The number of hydrogen-bond donors (Lipinski definition) is 2. The second-order valence-corrected chi connectivity index (χ2v) is 4.01. The molecule has 0 radical (unpaired) electrons. The van der Waals surface area contributed by atoms with E-state index >= 15 is 0 Å². The van der Waals surface area contributed by atoms with E-state index in [1.807, 2.05) is 6.92 Å². The van der Waals surface area contributed by atoms with Crippen molar-refractivity contribution < 1.29 is 14.7 Å². The first-order valence-corrected chi connectivity index (χ1v) is 5.48. The van der Waals surface area contributed by atoms with Crippen molar-refractivity contribution in [2.75, 3.05) is 5.32 Å². The molecule has 0 spiro atoms. The molecule has 2 aromatic heterocycles. The smallest absolute Gasteiger partial charge is 0.339 e. The summed E-state index contributed by atoms with van der Waals surface area (Å²) in [5.41, 5.74) is 0.798. The number of aromatic carboxylic acids is 1. The fraction of sp³-hybridized carbons (Fsp3) is 0.167. The van der Waals surface area contributed by atoms with Crippen molar-refractivity contribution in [1.82, 2.24) is 14.8 Å². The monoisotopic (exact) mass is 260 g/mol. The topological polar surface area (TPSA) is 97.1 Å². The number of aromatic nitrogens is 3. The van der Waals surface area contributed by atoms with Crippen molar-refractivity contribution in [3.8, 4) is 0 Å². The minimum absolute atomic E-state index is 0.0186. The Hall–Kier alpha value is -2.70. The van der Waals surface area contributed by atoms with Gasteiger partial charge < -0.3 is 10.4 Å². The third-order valence-corrected chi connectivity index (χ3v) is 2.54. The first kappa shape index (κ1) is 12.7. The van der Waals surface area contributed by atoms with Crippen LogP contribution in [0.5, 0.6) is 0 Å². The molecule has 1 amide bonds. The summed E-state index contributed by atoms with van der Waals surface area (Å²) in [5, 5.41) is 15.3. The third-order valence-electron chi connectivity index (χ3n) is 2.54. The second kappa shape index (κ2) is 4.89. The lowest BCUT2D eigenvalue weighted by Gasteiger charge is -2.05. The van der Waals surface area contributed by atoms with E-state index in [-0.39, 0.29) is 11.3 Å². The highest BCUT2D eigenvalue weighted by Gasteiger charge is 2.21. The molecule has 0 bridgehead atoms. The highest BCUT2D eigenvalue weighted by atomic mass is 16.4. The van der Waals surface area contributed by atoms with Gasteiger partial charge in [0, 0.05) is 13.2 Å². The minimum Gasteiger partial charge on any atom is -0.478 e. The maximum Gasteiger partial charge on any atom is 0.339 e. The molecule has 98 valence electrons. The van der Waals surface area contributed by atoms with Crippen LogP contribution in [0.25, 0.3) is 0 Å². The molecular formula is C12H12N4O3. The fourth-order valence-corrected chi connectivity index (χ4v) is 1.58. The number of rotatable bonds is 3. The summed E-state index contributed by atoms with van der Waals surface area (Å²) in [4.78, 5) is 27.0. The molecule has 7 nitrogen and oxygen atoms in total. The quantitative estimate of drug-likeness (QED) is 0.860. The molecule has 2 rings (SSSR count). The van der Waals surface area contributed by atoms with Gasteiger partial charge >= 0.3 is 5.97 Å². The van der Waals surface area contributed by atoms with Crippen LogP contribution >= 0.6 is 0 Å². The van der Waals surface area contributed by atoms with Crippen LogP contribution in [0.15, 0.2) is 24.5 Å². The van der Waals surface area contributed by atoms with Crippen LogP contribution < -0.4 is 5.32 Å². The van der Waals surface area contributed by atoms with Gasteiger partial charge in [0.1, 0.15) is 17.1 Å². The van der Waals surface area contributed by atoms with Crippen molar-refractivity contribution in [3.05, 3.63) is 41.3 Å². The van der Waals surface area contributed by atoms with Crippen LogP contribution in [0, 0.1) is 6.92 Å². The summed E-state index contributed by atoms with van der Waals surface area (Å²) in [6.07, 6.45) is 2.75. The first-order chi connectivity index (χ1) is 8.99. The number of amides is 1. The van der Waals surface area contributed by atoms with Gasteiger partial charge in [-0.2, -0.15) is 5.10 Å². The molecule has 2 heterocycles. The molecule has 0 atom stereocenters. The average molecular weight is 260 g/mol. The minimum atomic E-state index is -1.20. The zero-order valence-corrected chi connectivity index (χ0v) is 10.4. The van der Waals surface area contributed by atoms with Crippen LogP contribution in [0.1, 0.15) is 26.4 Å². The summed E-state index contributed by atoms with van der Waals surface area (Å²) in [6, 6.07) is 3.44. The highest BCUT2D eigenvalue weighted by molar-refractivity contribution is 6.09. The number of carboxylic acids is 1. The number of carboxylic acid groups (broad SMARTS) is 1. The molecule has 0 fully saturated rings. The Morgan fingerprint density at radius 2 is 2.05 bits per heavy atom. The zero-order valence-electron chi connectivity index (χ0n) is 10.4. The van der Waals surface area contributed by atoms with Crippen LogP contribution in [0.2, 0.25) is 0 Å². The van der Waals surface area contributed by atoms with Crippen molar-refractivity contribution in [3.63, 3.8) is 0 Å². The summed E-state index contributed by atoms with van der Waals surface area (Å²) in [7, 11) is 1.50. The number of pyridine rings is 1. The van der Waals surface area contributed by atoms with Gasteiger partial charge in [-0.05, 0) is 18.6 Å². The summed E-state index contributed by atoms with van der Waals surface area (Å²) >= 11 is 0. The molecule has 0 aliphatic rings. The van der Waals surface area contributed by atoms with E-state index < -0.39 is 11.9 Å². The predicted octanol–water partition coefficient (Wildman–Crippen LogP) is 1.07. The molecule has 0 aliphatic heterocycles. The molecule has 0 aromatic carbocycles. The van der Waals surface area contributed by atoms with Gasteiger partial charge in [0.15, 0.2) is 0 Å². The van der Waals surface area contributed by atoms with Crippen LogP contribution in [-0.4, -0.2) is 31.7 Å². The Bertz CT molecular complexity index is 631. The van der Waals surface area contributed by atoms with E-state index in [1.165, 1.54) is 11.7 Å². The van der Waals surface area contributed by atoms with Crippen molar-refractivity contribution in [2.24, 2.45) is 7.05 Å². The Balaban J connectivity index is 2.27. The van der Waals surface area contributed by atoms with Crippen LogP contribution in [0.3, 0.4) is 0 Å². The largest absolute Gasteiger partial charge is 0.478 e. The fourth-order valence-electron chi connectivity index (χ4n) is 1.58. The SMILES string of the molecule is Cc1ccc(NC(=O)c2c(C(=O)O)cnn2C)nc1. The number of nitrogens with zero attached hydrogens (tertiary/aromatic N) is 3. The van der Waals surface area contributed by atoms with Gasteiger partial charge in [-0.1, -0.05) is 6.07 Å². The van der Waals surface area contributed by atoms with Gasteiger partial charge in [0.25, 0.3) is 5.91 Å². The van der Waals surface area contributed by atoms with Crippen molar-refractivity contribution >= 4 is 17.7 Å². The average Bonchev–Trinajstić information content (AvgIpc) is 2.74. The van der Waals surface area contributed by atoms with Gasteiger partial charge in [-0.15, -0.1) is 0 Å². The Morgan fingerprint density at radius 3 is 2.63 bits per heavy atom. The summed E-state index contributed by atoms with van der Waals surface area (Å²) < 4.78 is 1.22. The summed E-state index contributed by atoms with van der Waals surface area (Å²) in [6.45, 7) is 1.88. The normalized spacial score (nSPS) is 10.2. The van der Waals surface area contributed by atoms with Gasteiger partial charge in [-0.25, -0.2) is 9.78 Å². The number of nitrogens with one attached hydrogen (secondary N) is 1. The van der Waals surface area contributed by atoms with Crippen molar-refractivity contribution in [2.45, 2.75) is 6.92 Å². The van der Waals surface area contributed by atoms with Gasteiger partial charge in [0.2, 0.25) is 0 Å². The molecule has 19 heavy (non-hydrogen) atoms. The zero-order chi connectivity index (χ0) is 14.0. The predicted molar refractivity (Wildman–Crippen MR) is 67.1 cm³/mol. The van der Waals surface area contributed by atoms with Crippen molar-refractivity contribution in [1.29, 1.82) is 0 Å². The maximum atomic E-state index is 12.0. The maximum absolute atomic E-state index is 12.0. The standard InChI is InChI=1S/C12H12N4O3/c1-7-3-4-9(13-5-7)15-11(17)10-8(12(18)19)6-14-16(10)2/h3-6H,1-2H3,(H,18,19)(H,13,15,17). The molecule has 0 aliphatic carbocycles. The number of hydrogen-bond acceptors (Lipinski definition) is 4. The van der Waals surface area contributed by atoms with E-state index in [9.17, 15) is 9.59 Å². The molecule has 0 unspecified atom stereocenters. The number of carbonyl (C=O) groups is 2. The molecule has 2 N–H and O–H groups in total. The van der Waals surface area contributed by atoms with E-state index in [0.29, 0.717) is 5.82 Å². The Kier molecular flexibility index (Phi) is 3.28. The van der Waals surface area contributed by atoms with E-state index in [4.69, 9.17) is 5.11 Å². The van der Waals surface area contributed by atoms with Crippen LogP contribution in [0.4, 0.5) is 5.82 Å². The molecular weight excluding hydrogens is 248 g/mol. The molecule has 2 aromatic rings. The lowest BCUT2D eigenvalue weighted by Crippen LogP contribution is -2.19. The second-order valence-electron chi connectivity index (χ2n) is 4.01. The van der Waals surface area contributed by atoms with E-state index in [2.05, 4.69) is 15.4 Å². The highest BCUT2D eigenvalue weighted by Crippen LogP contribution is 2.11. The lowest BCUT2D eigenvalue weighted by atomic mass is 10.2. The lowest BCUT2D eigenvalue weighted by molar-refractivity contribution is 0.0692. The van der Waals surface area contributed by atoms with Gasteiger partial charge in [-0.3, -0.25) is 9.48 Å². The Labute approximate surface area is 108 Å². The summed E-state index contributed by atoms with van der Waals surface area (Å²) in [5.74, 6) is -1.41. The molecule has 7 heteroatoms. The molecule has 0 saturated carbocycles. The van der Waals surface area contributed by atoms with E-state index in [1.54, 1.807) is 18.3 Å². The first-order valence-electron chi connectivity index (χ1n) is 5.48. The van der Waals surface area contributed by atoms with Gasteiger partial charge in [0.05, 0.1) is 6.20 Å². The third kappa shape index (κ3) is 2.59. The number of aryl methyl sites for hydroxylation is 2. The van der Waals surface area contributed by atoms with E-state index in [0.717, 1.165) is 11.8 Å².